The Morgan fingerprint density at radius 1 is 0.933 bits per heavy atom. The summed E-state index contributed by atoms with van der Waals surface area (Å²) in [7, 11) is 0. The number of rotatable bonds is 5. The summed E-state index contributed by atoms with van der Waals surface area (Å²) >= 11 is 0. The van der Waals surface area contributed by atoms with Gasteiger partial charge in [-0.3, -0.25) is 9.98 Å². The molecule has 30 heavy (non-hydrogen) atoms. The van der Waals surface area contributed by atoms with Gasteiger partial charge in [0.1, 0.15) is 11.5 Å². The predicted octanol–water partition coefficient (Wildman–Crippen LogP) is 4.58. The maximum Gasteiger partial charge on any atom is 0.205 e. The Morgan fingerprint density at radius 3 is 2.50 bits per heavy atom. The highest BCUT2D eigenvalue weighted by molar-refractivity contribution is 5.85. The maximum atomic E-state index is 6.04. The Hall–Kier alpha value is -2.44. The van der Waals surface area contributed by atoms with Crippen LogP contribution >= 0.6 is 0 Å². The van der Waals surface area contributed by atoms with Gasteiger partial charge in [0.15, 0.2) is 0 Å². The van der Waals surface area contributed by atoms with E-state index < -0.39 is 11.6 Å². The van der Waals surface area contributed by atoms with E-state index in [2.05, 4.69) is 16.1 Å². The van der Waals surface area contributed by atoms with Crippen LogP contribution in [0.3, 0.4) is 0 Å². The lowest BCUT2D eigenvalue weighted by Crippen LogP contribution is -2.35. The number of hydrogen-bond donors (Lipinski definition) is 0. The molecule has 6 nitrogen and oxygen atoms in total. The third-order valence-electron chi connectivity index (χ3n) is 5.20. The second-order valence-electron chi connectivity index (χ2n) is 8.62. The topological polar surface area (TPSA) is 61.6 Å². The minimum atomic E-state index is -0.622. The van der Waals surface area contributed by atoms with Gasteiger partial charge < -0.3 is 18.9 Å². The summed E-state index contributed by atoms with van der Waals surface area (Å²) < 4.78 is 23.5. The van der Waals surface area contributed by atoms with Gasteiger partial charge in [-0.25, -0.2) is 0 Å². The lowest BCUT2D eigenvalue weighted by molar-refractivity contribution is -0.198. The van der Waals surface area contributed by atoms with E-state index in [9.17, 15) is 0 Å². The first-order valence-electron chi connectivity index (χ1n) is 10.5. The fourth-order valence-corrected chi connectivity index (χ4v) is 3.64. The van der Waals surface area contributed by atoms with Gasteiger partial charge in [0.2, 0.25) is 11.6 Å². The summed E-state index contributed by atoms with van der Waals surface area (Å²) in [6, 6.07) is 6.03. The van der Waals surface area contributed by atoms with Crippen molar-refractivity contribution >= 4 is 12.4 Å². The molecular formula is C24H30N2O4. The fourth-order valence-electron chi connectivity index (χ4n) is 3.64. The van der Waals surface area contributed by atoms with Gasteiger partial charge in [-0.15, -0.1) is 0 Å². The molecule has 0 atom stereocenters. The lowest BCUT2D eigenvalue weighted by atomic mass is 9.97. The molecule has 1 aliphatic carbocycles. The molecule has 0 amide bonds. The van der Waals surface area contributed by atoms with E-state index in [0.29, 0.717) is 26.3 Å². The van der Waals surface area contributed by atoms with Crippen molar-refractivity contribution in [1.29, 1.82) is 0 Å². The van der Waals surface area contributed by atoms with Crippen LogP contribution in [0, 0.1) is 0 Å². The number of aliphatic imine (C=N–C) groups is 2. The van der Waals surface area contributed by atoms with Crippen LogP contribution < -0.4 is 4.74 Å². The first-order chi connectivity index (χ1) is 14.3. The number of benzene rings is 1. The number of para-hydroxylation sites is 1. The standard InChI is InChI=1S/C24H30N2O4/c1-23(2)27-15-19-9-5-7-17(21(19)29-23)13-25-11-12-26-14-18-8-6-10-20-16-28-24(3,4)30-22(18)20/h5,7-9,13-14H,6,10-12,15-16H2,1-4H3. The van der Waals surface area contributed by atoms with E-state index in [4.69, 9.17) is 18.9 Å². The quantitative estimate of drug-likeness (QED) is 0.527. The van der Waals surface area contributed by atoms with Gasteiger partial charge in [-0.2, -0.15) is 0 Å². The van der Waals surface area contributed by atoms with E-state index in [1.165, 1.54) is 5.57 Å². The Balaban J connectivity index is 1.35. The Bertz CT molecular complexity index is 925. The second-order valence-corrected chi connectivity index (χ2v) is 8.62. The van der Waals surface area contributed by atoms with E-state index in [0.717, 1.165) is 41.1 Å². The molecule has 0 aromatic heterocycles. The van der Waals surface area contributed by atoms with Gasteiger partial charge in [0.05, 0.1) is 26.3 Å². The van der Waals surface area contributed by atoms with Crippen LogP contribution in [0.5, 0.6) is 5.75 Å². The minimum absolute atomic E-state index is 0.547. The average Bonchev–Trinajstić information content (AvgIpc) is 2.70. The van der Waals surface area contributed by atoms with Gasteiger partial charge in [-0.05, 0) is 24.5 Å². The van der Waals surface area contributed by atoms with Crippen LogP contribution in [-0.4, -0.2) is 43.7 Å². The molecule has 0 radical (unpaired) electrons. The SMILES string of the molecule is CC1(C)OCC2=C(O1)C(C=NCCN=Cc1cccc3c1OC(C)(C)OC3)=CCC2. The summed E-state index contributed by atoms with van der Waals surface area (Å²) in [6.45, 7) is 10.1. The van der Waals surface area contributed by atoms with Crippen LogP contribution in [0.25, 0.3) is 0 Å². The smallest absolute Gasteiger partial charge is 0.205 e. The first-order valence-corrected chi connectivity index (χ1v) is 10.5. The Morgan fingerprint density at radius 2 is 1.67 bits per heavy atom. The number of nitrogens with zero attached hydrogens (tertiary/aromatic N) is 2. The summed E-state index contributed by atoms with van der Waals surface area (Å²) in [5, 5.41) is 0. The normalized spacial score (nSPS) is 22.3. The van der Waals surface area contributed by atoms with E-state index >= 15 is 0 Å². The first kappa shape index (κ1) is 20.8. The van der Waals surface area contributed by atoms with Gasteiger partial charge >= 0.3 is 0 Å². The molecule has 2 aliphatic heterocycles. The van der Waals surface area contributed by atoms with Crippen molar-refractivity contribution in [1.82, 2.24) is 0 Å². The molecule has 0 unspecified atom stereocenters. The highest BCUT2D eigenvalue weighted by Crippen LogP contribution is 2.35. The third-order valence-corrected chi connectivity index (χ3v) is 5.20. The van der Waals surface area contributed by atoms with Crippen molar-refractivity contribution < 1.29 is 18.9 Å². The number of allylic oxidation sites excluding steroid dienone is 2. The number of hydrogen-bond acceptors (Lipinski definition) is 6. The number of fused-ring (bicyclic) bond motifs is 1. The van der Waals surface area contributed by atoms with E-state index in [1.54, 1.807) is 0 Å². The third kappa shape index (κ3) is 4.82. The highest BCUT2D eigenvalue weighted by Gasteiger charge is 2.31. The van der Waals surface area contributed by atoms with Crippen LogP contribution in [-0.2, 0) is 20.8 Å². The Kier molecular flexibility index (Phi) is 5.80. The second kappa shape index (κ2) is 8.36. The molecule has 1 aromatic carbocycles. The van der Waals surface area contributed by atoms with Crippen molar-refractivity contribution in [2.75, 3.05) is 19.7 Å². The molecule has 0 bridgehead atoms. The molecule has 0 saturated carbocycles. The monoisotopic (exact) mass is 410 g/mol. The Labute approximate surface area is 178 Å². The summed E-state index contributed by atoms with van der Waals surface area (Å²) in [6.07, 6.45) is 7.92. The lowest BCUT2D eigenvalue weighted by Gasteiger charge is -2.36. The molecule has 0 fully saturated rings. The van der Waals surface area contributed by atoms with Crippen molar-refractivity contribution in [3.8, 4) is 5.75 Å². The fraction of sp³-hybridized carbons (Fsp3) is 0.500. The highest BCUT2D eigenvalue weighted by atomic mass is 16.7. The number of ether oxygens (including phenoxy) is 4. The van der Waals surface area contributed by atoms with Crippen LogP contribution in [0.1, 0.15) is 51.7 Å². The maximum absolute atomic E-state index is 6.04. The minimum Gasteiger partial charge on any atom is -0.462 e. The molecule has 2 heterocycles. The van der Waals surface area contributed by atoms with Crippen LogP contribution in [0.2, 0.25) is 0 Å². The van der Waals surface area contributed by atoms with Gasteiger partial charge in [0, 0.05) is 56.8 Å². The van der Waals surface area contributed by atoms with E-state index in [1.807, 2.05) is 58.3 Å². The molecule has 4 rings (SSSR count). The molecule has 0 N–H and O–H groups in total. The van der Waals surface area contributed by atoms with Crippen molar-refractivity contribution in [3.05, 3.63) is 52.3 Å². The van der Waals surface area contributed by atoms with Crippen molar-refractivity contribution in [2.45, 2.75) is 58.7 Å². The molecule has 3 aliphatic rings. The molecule has 160 valence electrons. The van der Waals surface area contributed by atoms with E-state index in [-0.39, 0.29) is 0 Å². The molecule has 0 spiro atoms. The zero-order valence-electron chi connectivity index (χ0n) is 18.2. The molecule has 1 aromatic rings. The van der Waals surface area contributed by atoms with Gasteiger partial charge in [-0.1, -0.05) is 18.2 Å². The average molecular weight is 411 g/mol. The van der Waals surface area contributed by atoms with Gasteiger partial charge in [0.25, 0.3) is 0 Å². The molecular weight excluding hydrogens is 380 g/mol. The summed E-state index contributed by atoms with van der Waals surface area (Å²) in [4.78, 5) is 9.10. The van der Waals surface area contributed by atoms with Crippen LogP contribution in [0.15, 0.2) is 51.2 Å². The van der Waals surface area contributed by atoms with Crippen molar-refractivity contribution in [2.24, 2.45) is 9.98 Å². The largest absolute Gasteiger partial charge is 0.462 e. The zero-order valence-corrected chi connectivity index (χ0v) is 18.2. The summed E-state index contributed by atoms with van der Waals surface area (Å²) in [5.41, 5.74) is 4.28. The predicted molar refractivity (Wildman–Crippen MR) is 117 cm³/mol. The summed E-state index contributed by atoms with van der Waals surface area (Å²) in [5.74, 6) is 0.572. The molecule has 6 heteroatoms. The molecule has 0 saturated heterocycles. The van der Waals surface area contributed by atoms with Crippen LogP contribution in [0.4, 0.5) is 0 Å². The van der Waals surface area contributed by atoms with Crippen molar-refractivity contribution in [3.63, 3.8) is 0 Å². The zero-order chi connectivity index (χ0) is 21.2.